The van der Waals surface area contributed by atoms with Gasteiger partial charge in [-0.25, -0.2) is 0 Å². The Morgan fingerprint density at radius 2 is 2.17 bits per heavy atom. The van der Waals surface area contributed by atoms with E-state index in [0.717, 1.165) is 15.5 Å². The molecule has 12 heavy (non-hydrogen) atoms. The average molecular weight is 275 g/mol. The van der Waals surface area contributed by atoms with Crippen LogP contribution >= 0.6 is 22.6 Å². The Hall–Kier alpha value is -0.580. The van der Waals surface area contributed by atoms with Crippen molar-refractivity contribution in [1.29, 1.82) is 0 Å². The molecular formula is C9H10INO. The lowest BCUT2D eigenvalue weighted by Crippen LogP contribution is -1.95. The Labute approximate surface area is 85.5 Å². The number of carbonyl (C=O) groups excluding carboxylic acids is 1. The summed E-state index contributed by atoms with van der Waals surface area (Å²) in [5.41, 5.74) is 2.92. The normalized spacial score (nSPS) is 9.58. The fourth-order valence-corrected chi connectivity index (χ4v) is 1.68. The zero-order valence-electron chi connectivity index (χ0n) is 7.02. The van der Waals surface area contributed by atoms with Crippen LogP contribution in [0.3, 0.4) is 0 Å². The number of hydrogen-bond donors (Lipinski definition) is 1. The number of halogens is 1. The Kier molecular flexibility index (Phi) is 3.08. The first kappa shape index (κ1) is 9.51. The summed E-state index contributed by atoms with van der Waals surface area (Å²) in [5, 5.41) is 3.05. The number of anilines is 1. The summed E-state index contributed by atoms with van der Waals surface area (Å²) >= 11 is 2.22. The minimum absolute atomic E-state index is 0.717. The molecule has 0 unspecified atom stereocenters. The SMILES string of the molecule is CNc1cc(C=O)cc(I)c1C. The second kappa shape index (κ2) is 3.89. The molecule has 0 spiro atoms. The van der Waals surface area contributed by atoms with Crippen molar-refractivity contribution in [3.63, 3.8) is 0 Å². The number of benzene rings is 1. The average Bonchev–Trinajstić information content (AvgIpc) is 2.09. The number of carbonyl (C=O) groups is 1. The number of rotatable bonds is 2. The number of nitrogens with one attached hydrogen (secondary N) is 1. The van der Waals surface area contributed by atoms with E-state index in [4.69, 9.17) is 0 Å². The molecular weight excluding hydrogens is 265 g/mol. The summed E-state index contributed by atoms with van der Waals surface area (Å²) in [6.45, 7) is 2.03. The zero-order valence-corrected chi connectivity index (χ0v) is 9.18. The minimum atomic E-state index is 0.717. The highest BCUT2D eigenvalue weighted by Crippen LogP contribution is 2.21. The van der Waals surface area contributed by atoms with Gasteiger partial charge in [-0.2, -0.15) is 0 Å². The van der Waals surface area contributed by atoms with Crippen LogP contribution in [-0.4, -0.2) is 13.3 Å². The smallest absolute Gasteiger partial charge is 0.150 e. The quantitative estimate of drug-likeness (QED) is 0.663. The van der Waals surface area contributed by atoms with E-state index in [2.05, 4.69) is 27.9 Å². The van der Waals surface area contributed by atoms with Gasteiger partial charge in [-0.3, -0.25) is 4.79 Å². The molecule has 0 atom stereocenters. The van der Waals surface area contributed by atoms with E-state index in [1.807, 2.05) is 26.1 Å². The van der Waals surface area contributed by atoms with Crippen LogP contribution in [0, 0.1) is 10.5 Å². The molecule has 0 bridgehead atoms. The second-order valence-corrected chi connectivity index (χ2v) is 3.71. The fourth-order valence-electron chi connectivity index (χ4n) is 1.03. The van der Waals surface area contributed by atoms with Crippen LogP contribution in [0.15, 0.2) is 12.1 Å². The molecule has 0 saturated heterocycles. The van der Waals surface area contributed by atoms with Crippen molar-refractivity contribution in [1.82, 2.24) is 0 Å². The van der Waals surface area contributed by atoms with E-state index in [1.54, 1.807) is 0 Å². The third-order valence-corrected chi connectivity index (χ3v) is 2.89. The molecule has 1 N–H and O–H groups in total. The summed E-state index contributed by atoms with van der Waals surface area (Å²) in [5.74, 6) is 0. The van der Waals surface area contributed by atoms with Crippen LogP contribution in [0.1, 0.15) is 15.9 Å². The number of aldehydes is 1. The van der Waals surface area contributed by atoms with E-state index >= 15 is 0 Å². The maximum absolute atomic E-state index is 10.5. The van der Waals surface area contributed by atoms with Gasteiger partial charge in [0.15, 0.2) is 0 Å². The van der Waals surface area contributed by atoms with Gasteiger partial charge in [0.25, 0.3) is 0 Å². The fraction of sp³-hybridized carbons (Fsp3) is 0.222. The molecule has 0 amide bonds. The maximum Gasteiger partial charge on any atom is 0.150 e. The van der Waals surface area contributed by atoms with Gasteiger partial charge in [0.05, 0.1) is 0 Å². The van der Waals surface area contributed by atoms with Crippen LogP contribution in [0.2, 0.25) is 0 Å². The van der Waals surface area contributed by atoms with E-state index in [1.165, 1.54) is 5.56 Å². The minimum Gasteiger partial charge on any atom is -0.388 e. The van der Waals surface area contributed by atoms with Crippen LogP contribution in [0.25, 0.3) is 0 Å². The van der Waals surface area contributed by atoms with Crippen molar-refractivity contribution in [2.75, 3.05) is 12.4 Å². The van der Waals surface area contributed by atoms with Gasteiger partial charge in [0.2, 0.25) is 0 Å². The summed E-state index contributed by atoms with van der Waals surface area (Å²) < 4.78 is 1.11. The topological polar surface area (TPSA) is 29.1 Å². The van der Waals surface area contributed by atoms with Crippen LogP contribution in [0.5, 0.6) is 0 Å². The predicted octanol–water partition coefficient (Wildman–Crippen LogP) is 2.45. The molecule has 64 valence electrons. The van der Waals surface area contributed by atoms with Crippen LogP contribution in [-0.2, 0) is 0 Å². The van der Waals surface area contributed by atoms with Crippen molar-refractivity contribution in [2.45, 2.75) is 6.92 Å². The van der Waals surface area contributed by atoms with E-state index in [9.17, 15) is 4.79 Å². The van der Waals surface area contributed by atoms with Crippen molar-refractivity contribution >= 4 is 34.6 Å². The highest BCUT2D eigenvalue weighted by atomic mass is 127. The second-order valence-electron chi connectivity index (χ2n) is 2.54. The third kappa shape index (κ3) is 1.77. The van der Waals surface area contributed by atoms with Gasteiger partial charge in [0.1, 0.15) is 6.29 Å². The Balaban J connectivity index is 3.28. The molecule has 2 nitrogen and oxygen atoms in total. The molecule has 0 heterocycles. The standard InChI is InChI=1S/C9H10INO/c1-6-8(10)3-7(5-12)4-9(6)11-2/h3-5,11H,1-2H3. The first-order valence-electron chi connectivity index (χ1n) is 3.62. The molecule has 3 heteroatoms. The van der Waals surface area contributed by atoms with Gasteiger partial charge in [-0.15, -0.1) is 0 Å². The Morgan fingerprint density at radius 1 is 1.50 bits per heavy atom. The Morgan fingerprint density at radius 3 is 2.67 bits per heavy atom. The molecule has 0 fully saturated rings. The highest BCUT2D eigenvalue weighted by molar-refractivity contribution is 14.1. The van der Waals surface area contributed by atoms with Crippen molar-refractivity contribution in [3.05, 3.63) is 26.8 Å². The third-order valence-electron chi connectivity index (χ3n) is 1.77. The molecule has 0 radical (unpaired) electrons. The largest absolute Gasteiger partial charge is 0.388 e. The molecule has 0 aromatic heterocycles. The van der Waals surface area contributed by atoms with E-state index < -0.39 is 0 Å². The lowest BCUT2D eigenvalue weighted by atomic mass is 10.1. The molecule has 1 rings (SSSR count). The van der Waals surface area contributed by atoms with Crippen molar-refractivity contribution in [2.24, 2.45) is 0 Å². The highest BCUT2D eigenvalue weighted by Gasteiger charge is 2.02. The summed E-state index contributed by atoms with van der Waals surface area (Å²) in [6.07, 6.45) is 0.864. The Bertz CT molecular complexity index is 310. The lowest BCUT2D eigenvalue weighted by molar-refractivity contribution is 0.112. The maximum atomic E-state index is 10.5. The summed E-state index contributed by atoms with van der Waals surface area (Å²) in [6, 6.07) is 3.73. The van der Waals surface area contributed by atoms with Gasteiger partial charge in [-0.1, -0.05) is 0 Å². The predicted molar refractivity (Wildman–Crippen MR) is 58.8 cm³/mol. The summed E-state index contributed by atoms with van der Waals surface area (Å²) in [7, 11) is 1.85. The summed E-state index contributed by atoms with van der Waals surface area (Å²) in [4.78, 5) is 10.5. The van der Waals surface area contributed by atoms with E-state index in [0.29, 0.717) is 5.56 Å². The molecule has 0 aliphatic rings. The first-order valence-corrected chi connectivity index (χ1v) is 4.70. The van der Waals surface area contributed by atoms with Crippen LogP contribution < -0.4 is 5.32 Å². The van der Waals surface area contributed by atoms with Gasteiger partial charge < -0.3 is 5.32 Å². The monoisotopic (exact) mass is 275 g/mol. The molecule has 0 aliphatic carbocycles. The molecule has 1 aromatic carbocycles. The number of hydrogen-bond acceptors (Lipinski definition) is 2. The van der Waals surface area contributed by atoms with Gasteiger partial charge in [0, 0.05) is 21.9 Å². The van der Waals surface area contributed by atoms with Crippen molar-refractivity contribution in [3.8, 4) is 0 Å². The van der Waals surface area contributed by atoms with Gasteiger partial charge in [-0.05, 0) is 47.2 Å². The molecule has 0 aliphatic heterocycles. The molecule has 0 saturated carbocycles. The lowest BCUT2D eigenvalue weighted by Gasteiger charge is -2.07. The zero-order chi connectivity index (χ0) is 9.14. The van der Waals surface area contributed by atoms with Gasteiger partial charge >= 0.3 is 0 Å². The van der Waals surface area contributed by atoms with Crippen LogP contribution in [0.4, 0.5) is 5.69 Å². The molecule has 1 aromatic rings. The van der Waals surface area contributed by atoms with E-state index in [-0.39, 0.29) is 0 Å². The first-order chi connectivity index (χ1) is 5.69. The van der Waals surface area contributed by atoms with Crippen molar-refractivity contribution < 1.29 is 4.79 Å².